The highest BCUT2D eigenvalue weighted by Gasteiger charge is 2.56. The summed E-state index contributed by atoms with van der Waals surface area (Å²) in [5, 5.41) is 8.69. The molecule has 0 radical (unpaired) electrons. The molecule has 3 fully saturated rings. The first kappa shape index (κ1) is 32.9. The quantitative estimate of drug-likeness (QED) is 0.301. The first-order valence-corrected chi connectivity index (χ1v) is 17.0. The highest BCUT2D eigenvalue weighted by atomic mass is 32.2. The third-order valence-electron chi connectivity index (χ3n) is 9.22. The van der Waals surface area contributed by atoms with Gasteiger partial charge in [0.2, 0.25) is 27.7 Å². The van der Waals surface area contributed by atoms with Gasteiger partial charge >= 0.3 is 5.97 Å². The Kier molecular flexibility index (Phi) is 10.8. The molecule has 2 heterocycles. The summed E-state index contributed by atoms with van der Waals surface area (Å²) in [5.74, 6) is -2.69. The molecule has 238 valence electrons. The number of hydrogen-bond donors (Lipinski definition) is 3. The molecule has 6 atom stereocenters. The van der Waals surface area contributed by atoms with Crippen molar-refractivity contribution in [1.82, 2.24) is 25.2 Å². The molecule has 12 nitrogen and oxygen atoms in total. The molecule has 3 amide bonds. The third-order valence-corrected chi connectivity index (χ3v) is 10.5. The fraction of sp³-hybridized carbons (Fsp3) is 0.667. The van der Waals surface area contributed by atoms with Crippen LogP contribution in [0, 0.1) is 11.8 Å². The van der Waals surface area contributed by atoms with E-state index in [0.717, 1.165) is 43.9 Å². The number of rotatable bonds is 11. The monoisotopic (exact) mass is 619 g/mol. The minimum absolute atomic E-state index is 0.0532. The van der Waals surface area contributed by atoms with Gasteiger partial charge in [-0.3, -0.25) is 14.4 Å². The molecule has 0 aromatic heterocycles. The van der Waals surface area contributed by atoms with Gasteiger partial charge in [-0.2, -0.15) is 4.31 Å². The second kappa shape index (κ2) is 14.2. The van der Waals surface area contributed by atoms with Crippen LogP contribution < -0.4 is 16.0 Å². The van der Waals surface area contributed by atoms with Crippen molar-refractivity contribution in [1.29, 1.82) is 0 Å². The van der Waals surface area contributed by atoms with Crippen LogP contribution in [0.15, 0.2) is 30.3 Å². The summed E-state index contributed by atoms with van der Waals surface area (Å²) < 4.78 is 31.9. The molecule has 2 aliphatic heterocycles. The maximum absolute atomic E-state index is 14.3. The third kappa shape index (κ3) is 7.55. The van der Waals surface area contributed by atoms with Crippen molar-refractivity contribution in [2.24, 2.45) is 11.8 Å². The Morgan fingerprint density at radius 1 is 1.02 bits per heavy atom. The van der Waals surface area contributed by atoms with E-state index in [1.165, 1.54) is 11.4 Å². The molecule has 1 saturated carbocycles. The Labute approximate surface area is 254 Å². The van der Waals surface area contributed by atoms with Gasteiger partial charge in [0.05, 0.1) is 31.4 Å². The van der Waals surface area contributed by atoms with Crippen LogP contribution in [0.3, 0.4) is 0 Å². The fourth-order valence-electron chi connectivity index (χ4n) is 6.81. The molecule has 1 aromatic rings. The van der Waals surface area contributed by atoms with Gasteiger partial charge < -0.3 is 25.6 Å². The van der Waals surface area contributed by atoms with Gasteiger partial charge in [-0.15, -0.1) is 0 Å². The maximum Gasteiger partial charge on any atom is 0.328 e. The number of sulfonamides is 1. The molecule has 43 heavy (non-hydrogen) atoms. The number of amides is 3. The predicted octanol–water partition coefficient (Wildman–Crippen LogP) is 0.421. The molecule has 1 aromatic carbocycles. The van der Waals surface area contributed by atoms with Gasteiger partial charge in [0.15, 0.2) is 0 Å². The molecular formula is C30H45N5O7S. The van der Waals surface area contributed by atoms with E-state index in [4.69, 9.17) is 4.74 Å². The summed E-state index contributed by atoms with van der Waals surface area (Å²) in [6.07, 6.45) is 6.25. The van der Waals surface area contributed by atoms with Gasteiger partial charge in [-0.1, -0.05) is 49.6 Å². The van der Waals surface area contributed by atoms with Crippen LogP contribution in [-0.4, -0.2) is 105 Å². The standard InChI is InChI=1S/C30H45N5O7S/c1-19(31-2)27(36)33-25(21-13-9-6-10-14-21)29(38)34-16-15-24-26(34)22(18-35(24)43(4,40)41)28(37)32-23(30(39)42-3)17-20-11-7-5-8-12-20/h5,7-8,11-12,19,21-26,31H,6,9-10,13-18H2,1-4H3,(H,32,37)(H,33,36). The number of carbonyl (C=O) groups is 4. The van der Waals surface area contributed by atoms with Crippen LogP contribution in [0.4, 0.5) is 0 Å². The lowest BCUT2D eigenvalue weighted by molar-refractivity contribution is -0.146. The molecule has 1 aliphatic carbocycles. The van der Waals surface area contributed by atoms with E-state index in [1.54, 1.807) is 18.9 Å². The number of hydrogen-bond acceptors (Lipinski definition) is 8. The molecule has 6 unspecified atom stereocenters. The lowest BCUT2D eigenvalue weighted by Crippen LogP contribution is -2.58. The number of carbonyl (C=O) groups excluding carboxylic acids is 4. The van der Waals surface area contributed by atoms with E-state index in [0.29, 0.717) is 6.42 Å². The average molecular weight is 620 g/mol. The molecule has 3 aliphatic rings. The Morgan fingerprint density at radius 3 is 2.30 bits per heavy atom. The van der Waals surface area contributed by atoms with E-state index in [9.17, 15) is 27.6 Å². The summed E-state index contributed by atoms with van der Waals surface area (Å²) in [6.45, 7) is 1.87. The van der Waals surface area contributed by atoms with Crippen LogP contribution in [0.1, 0.15) is 51.0 Å². The highest BCUT2D eigenvalue weighted by molar-refractivity contribution is 7.88. The number of esters is 1. The van der Waals surface area contributed by atoms with E-state index >= 15 is 0 Å². The zero-order valence-electron chi connectivity index (χ0n) is 25.5. The number of fused-ring (bicyclic) bond motifs is 1. The SMILES string of the molecule is CNC(C)C(=O)NC(C(=O)N1CCC2C1C(C(=O)NC(Cc1ccccc1)C(=O)OC)CN2S(C)(=O)=O)C1CCCCC1. The molecule has 4 rings (SSSR count). The number of likely N-dealkylation sites (N-methyl/N-ethyl adjacent to an activating group) is 1. The van der Waals surface area contributed by atoms with Crippen molar-refractivity contribution >= 4 is 33.7 Å². The predicted molar refractivity (Wildman–Crippen MR) is 160 cm³/mol. The molecular weight excluding hydrogens is 574 g/mol. The molecule has 0 bridgehead atoms. The van der Waals surface area contributed by atoms with Gasteiger partial charge in [0.1, 0.15) is 12.1 Å². The fourth-order valence-corrected chi connectivity index (χ4v) is 7.97. The van der Waals surface area contributed by atoms with E-state index in [-0.39, 0.29) is 37.2 Å². The number of nitrogens with zero attached hydrogens (tertiary/aromatic N) is 2. The number of ether oxygens (including phenoxy) is 1. The largest absolute Gasteiger partial charge is 0.467 e. The second-order valence-electron chi connectivity index (χ2n) is 12.0. The number of benzene rings is 1. The van der Waals surface area contributed by atoms with Gasteiger partial charge in [0, 0.05) is 25.6 Å². The summed E-state index contributed by atoms with van der Waals surface area (Å²) in [4.78, 5) is 55.4. The van der Waals surface area contributed by atoms with Crippen LogP contribution in [0.5, 0.6) is 0 Å². The van der Waals surface area contributed by atoms with Crippen molar-refractivity contribution in [2.75, 3.05) is 33.5 Å². The highest BCUT2D eigenvalue weighted by Crippen LogP contribution is 2.39. The lowest BCUT2D eigenvalue weighted by atomic mass is 9.83. The first-order chi connectivity index (χ1) is 20.5. The van der Waals surface area contributed by atoms with Crippen molar-refractivity contribution < 1.29 is 32.3 Å². The number of likely N-dealkylation sites (tertiary alicyclic amines) is 1. The molecule has 2 saturated heterocycles. The Balaban J connectivity index is 1.62. The minimum Gasteiger partial charge on any atom is -0.467 e. The van der Waals surface area contributed by atoms with Crippen LogP contribution in [0.2, 0.25) is 0 Å². The number of nitrogens with one attached hydrogen (secondary N) is 3. The van der Waals surface area contributed by atoms with Gasteiger partial charge in [-0.25, -0.2) is 13.2 Å². The second-order valence-corrected chi connectivity index (χ2v) is 13.9. The smallest absolute Gasteiger partial charge is 0.328 e. The van der Waals surface area contributed by atoms with Crippen LogP contribution >= 0.6 is 0 Å². The number of methoxy groups -OCH3 is 1. The van der Waals surface area contributed by atoms with E-state index in [1.807, 2.05) is 30.3 Å². The van der Waals surface area contributed by atoms with E-state index in [2.05, 4.69) is 16.0 Å². The summed E-state index contributed by atoms with van der Waals surface area (Å²) >= 11 is 0. The zero-order valence-corrected chi connectivity index (χ0v) is 26.3. The Bertz CT molecular complexity index is 1270. The normalized spacial score (nSPS) is 24.9. The van der Waals surface area contributed by atoms with Crippen LogP contribution in [-0.2, 0) is 40.4 Å². The maximum atomic E-state index is 14.3. The van der Waals surface area contributed by atoms with Crippen molar-refractivity contribution in [3.63, 3.8) is 0 Å². The summed E-state index contributed by atoms with van der Waals surface area (Å²) in [6, 6.07) is 5.60. The lowest BCUT2D eigenvalue weighted by Gasteiger charge is -2.36. The van der Waals surface area contributed by atoms with Gasteiger partial charge in [0.25, 0.3) is 0 Å². The van der Waals surface area contributed by atoms with Crippen molar-refractivity contribution in [2.45, 2.75) is 82.1 Å². The summed E-state index contributed by atoms with van der Waals surface area (Å²) in [7, 11) is -0.779. The van der Waals surface area contributed by atoms with E-state index < -0.39 is 58.0 Å². The molecule has 13 heteroatoms. The van der Waals surface area contributed by atoms with Crippen molar-refractivity contribution in [3.05, 3.63) is 35.9 Å². The van der Waals surface area contributed by atoms with Gasteiger partial charge in [-0.05, 0) is 44.7 Å². The Morgan fingerprint density at radius 2 is 1.70 bits per heavy atom. The van der Waals surface area contributed by atoms with Crippen molar-refractivity contribution in [3.8, 4) is 0 Å². The minimum atomic E-state index is -3.70. The van der Waals surface area contributed by atoms with Crippen LogP contribution in [0.25, 0.3) is 0 Å². The zero-order chi connectivity index (χ0) is 31.3. The first-order valence-electron chi connectivity index (χ1n) is 15.1. The Hall–Kier alpha value is -3.03. The topological polar surface area (TPSA) is 154 Å². The molecule has 3 N–H and O–H groups in total. The summed E-state index contributed by atoms with van der Waals surface area (Å²) in [5.41, 5.74) is 0.819. The molecule has 0 spiro atoms. The average Bonchev–Trinajstić information content (AvgIpc) is 3.60.